The van der Waals surface area contributed by atoms with Gasteiger partial charge in [-0.1, -0.05) is 18.7 Å². The number of ether oxygens (including phenoxy) is 1. The zero-order chi connectivity index (χ0) is 17.2. The fourth-order valence-electron chi connectivity index (χ4n) is 2.76. The number of hydrogen-bond acceptors (Lipinski definition) is 4. The molecule has 3 aromatic heterocycles. The van der Waals surface area contributed by atoms with Crippen LogP contribution in [0.5, 0.6) is 5.75 Å². The molecule has 0 atom stereocenters. The van der Waals surface area contributed by atoms with Crippen LogP contribution in [-0.2, 0) is 6.42 Å². The predicted octanol–water partition coefficient (Wildman–Crippen LogP) is 4.72. The van der Waals surface area contributed by atoms with E-state index in [0.29, 0.717) is 6.42 Å². The minimum atomic E-state index is 0.643. The topological polar surface area (TPSA) is 39.4 Å². The highest BCUT2D eigenvalue weighted by atomic mass is 32.1. The van der Waals surface area contributed by atoms with Crippen LogP contribution >= 0.6 is 11.3 Å². The summed E-state index contributed by atoms with van der Waals surface area (Å²) in [5.41, 5.74) is 3.94. The summed E-state index contributed by atoms with van der Waals surface area (Å²) in [5.74, 6) is 1.61. The van der Waals surface area contributed by atoms with Crippen molar-refractivity contribution in [3.8, 4) is 17.0 Å². The number of thiophene rings is 1. The average Bonchev–Trinajstić information content (AvgIpc) is 3.30. The van der Waals surface area contributed by atoms with Crippen molar-refractivity contribution in [1.29, 1.82) is 0 Å². The molecule has 0 unspecified atom stereocenters. The molecule has 0 aliphatic heterocycles. The van der Waals surface area contributed by atoms with Crippen molar-refractivity contribution in [3.05, 3.63) is 77.3 Å². The van der Waals surface area contributed by atoms with E-state index in [4.69, 9.17) is 9.84 Å². The lowest BCUT2D eigenvalue weighted by molar-refractivity contribution is 0.415. The van der Waals surface area contributed by atoms with Crippen LogP contribution in [0.15, 0.2) is 66.6 Å². The molecule has 0 amide bonds. The van der Waals surface area contributed by atoms with Crippen molar-refractivity contribution in [2.75, 3.05) is 7.11 Å². The van der Waals surface area contributed by atoms with E-state index in [0.717, 1.165) is 34.1 Å². The number of benzene rings is 1. The molecule has 5 heteroatoms. The van der Waals surface area contributed by atoms with Crippen molar-refractivity contribution < 1.29 is 4.74 Å². The Kier molecular flexibility index (Phi) is 4.07. The molecule has 1 aromatic carbocycles. The molecule has 0 fully saturated rings. The van der Waals surface area contributed by atoms with E-state index in [1.165, 1.54) is 4.88 Å². The van der Waals surface area contributed by atoms with Crippen LogP contribution in [0.2, 0.25) is 0 Å². The lowest BCUT2D eigenvalue weighted by Crippen LogP contribution is -1.95. The molecule has 0 saturated carbocycles. The maximum Gasteiger partial charge on any atom is 0.156 e. The van der Waals surface area contributed by atoms with E-state index < -0.39 is 0 Å². The van der Waals surface area contributed by atoms with E-state index in [-0.39, 0.29) is 0 Å². The number of aromatic nitrogens is 3. The summed E-state index contributed by atoms with van der Waals surface area (Å²) >= 11 is 1.69. The Balaban J connectivity index is 1.69. The molecule has 4 nitrogen and oxygen atoms in total. The highest BCUT2D eigenvalue weighted by Crippen LogP contribution is 2.25. The van der Waals surface area contributed by atoms with E-state index in [1.54, 1.807) is 18.4 Å². The Morgan fingerprint density at radius 2 is 1.96 bits per heavy atom. The molecule has 4 rings (SSSR count). The first-order chi connectivity index (χ1) is 12.2. The molecule has 124 valence electrons. The van der Waals surface area contributed by atoms with Gasteiger partial charge in [0.05, 0.1) is 12.8 Å². The van der Waals surface area contributed by atoms with Gasteiger partial charge in [0.25, 0.3) is 0 Å². The fourth-order valence-corrected chi connectivity index (χ4v) is 3.46. The molecule has 0 N–H and O–H groups in total. The highest BCUT2D eigenvalue weighted by Gasteiger charge is 2.11. The molecule has 0 spiro atoms. The second kappa shape index (κ2) is 6.53. The molecule has 25 heavy (non-hydrogen) atoms. The van der Waals surface area contributed by atoms with Gasteiger partial charge in [-0.05, 0) is 53.4 Å². The normalized spacial score (nSPS) is 10.9. The third-order valence-electron chi connectivity index (χ3n) is 4.03. The van der Waals surface area contributed by atoms with Gasteiger partial charge < -0.3 is 4.74 Å². The number of rotatable bonds is 5. The van der Waals surface area contributed by atoms with Gasteiger partial charge >= 0.3 is 0 Å². The number of allylic oxidation sites excluding steroid dienone is 1. The molecule has 0 saturated heterocycles. The van der Waals surface area contributed by atoms with Crippen molar-refractivity contribution in [3.63, 3.8) is 0 Å². The van der Waals surface area contributed by atoms with Crippen LogP contribution in [-0.4, -0.2) is 21.7 Å². The van der Waals surface area contributed by atoms with Crippen LogP contribution in [0.3, 0.4) is 0 Å². The van der Waals surface area contributed by atoms with E-state index in [1.807, 2.05) is 53.0 Å². The first kappa shape index (κ1) is 15.6. The van der Waals surface area contributed by atoms with Crippen LogP contribution in [0.25, 0.3) is 22.5 Å². The standard InChI is InChI=1S/C20H17N3OS/c1-14(18-6-4-12-25-18)13-19-21-20-7-3-5-17(23(20)22-19)15-8-10-16(24-2)11-9-15/h3-12H,1,13H2,2H3. The van der Waals surface area contributed by atoms with Crippen LogP contribution in [0.1, 0.15) is 10.7 Å². The summed E-state index contributed by atoms with van der Waals surface area (Å²) in [6.45, 7) is 4.17. The lowest BCUT2D eigenvalue weighted by atomic mass is 10.1. The van der Waals surface area contributed by atoms with Gasteiger partial charge in [0.1, 0.15) is 5.75 Å². The molecule has 4 aromatic rings. The third kappa shape index (κ3) is 3.06. The van der Waals surface area contributed by atoms with Gasteiger partial charge in [-0.15, -0.1) is 11.3 Å². The zero-order valence-corrected chi connectivity index (χ0v) is 14.7. The molecular formula is C20H17N3OS. The summed E-state index contributed by atoms with van der Waals surface area (Å²) in [6, 6.07) is 18.1. The summed E-state index contributed by atoms with van der Waals surface area (Å²) in [7, 11) is 1.67. The van der Waals surface area contributed by atoms with Crippen molar-refractivity contribution in [2.24, 2.45) is 0 Å². The van der Waals surface area contributed by atoms with Gasteiger partial charge in [0, 0.05) is 16.9 Å². The van der Waals surface area contributed by atoms with E-state index in [2.05, 4.69) is 23.0 Å². The fraction of sp³-hybridized carbons (Fsp3) is 0.100. The summed E-state index contributed by atoms with van der Waals surface area (Å²) in [5, 5.41) is 6.75. The van der Waals surface area contributed by atoms with E-state index >= 15 is 0 Å². The first-order valence-electron chi connectivity index (χ1n) is 7.95. The quantitative estimate of drug-likeness (QED) is 0.524. The Hall–Kier alpha value is -2.92. The summed E-state index contributed by atoms with van der Waals surface area (Å²) in [6.07, 6.45) is 0.643. The van der Waals surface area contributed by atoms with Gasteiger partial charge in [-0.25, -0.2) is 9.50 Å². The average molecular weight is 347 g/mol. The van der Waals surface area contributed by atoms with E-state index in [9.17, 15) is 0 Å². The van der Waals surface area contributed by atoms with Gasteiger partial charge in [0.2, 0.25) is 0 Å². The van der Waals surface area contributed by atoms with Crippen molar-refractivity contribution in [1.82, 2.24) is 14.6 Å². The molecule has 0 bridgehead atoms. The summed E-state index contributed by atoms with van der Waals surface area (Å²) < 4.78 is 7.12. The van der Waals surface area contributed by atoms with Crippen molar-refractivity contribution in [2.45, 2.75) is 6.42 Å². The summed E-state index contributed by atoms with van der Waals surface area (Å²) in [4.78, 5) is 5.83. The van der Waals surface area contributed by atoms with Crippen LogP contribution in [0.4, 0.5) is 0 Å². The molecule has 0 aliphatic carbocycles. The second-order valence-corrected chi connectivity index (χ2v) is 6.64. The smallest absolute Gasteiger partial charge is 0.156 e. The molecule has 0 aliphatic rings. The number of pyridine rings is 1. The monoisotopic (exact) mass is 347 g/mol. The maximum atomic E-state index is 5.23. The SMILES string of the molecule is C=C(Cc1nc2cccc(-c3ccc(OC)cc3)n2n1)c1cccs1. The molecule has 3 heterocycles. The van der Waals surface area contributed by atoms with Crippen LogP contribution < -0.4 is 4.74 Å². The van der Waals surface area contributed by atoms with Crippen molar-refractivity contribution >= 4 is 22.6 Å². The van der Waals surface area contributed by atoms with Gasteiger partial charge in [-0.2, -0.15) is 5.10 Å². The Bertz CT molecular complexity index is 1020. The molecular weight excluding hydrogens is 330 g/mol. The van der Waals surface area contributed by atoms with Gasteiger partial charge in [0.15, 0.2) is 11.5 Å². The van der Waals surface area contributed by atoms with Crippen LogP contribution in [0, 0.1) is 0 Å². The second-order valence-electron chi connectivity index (χ2n) is 5.70. The maximum absolute atomic E-state index is 5.23. The third-order valence-corrected chi connectivity index (χ3v) is 5.00. The largest absolute Gasteiger partial charge is 0.497 e. The number of methoxy groups -OCH3 is 1. The minimum Gasteiger partial charge on any atom is -0.497 e. The number of fused-ring (bicyclic) bond motifs is 1. The minimum absolute atomic E-state index is 0.643. The Labute approximate surface area is 150 Å². The molecule has 0 radical (unpaired) electrons. The number of hydrogen-bond donors (Lipinski definition) is 0. The van der Waals surface area contributed by atoms with Gasteiger partial charge in [-0.3, -0.25) is 0 Å². The Morgan fingerprint density at radius 1 is 1.12 bits per heavy atom. The Morgan fingerprint density at radius 3 is 2.68 bits per heavy atom. The lowest BCUT2D eigenvalue weighted by Gasteiger charge is -2.05. The zero-order valence-electron chi connectivity index (χ0n) is 13.8. The first-order valence-corrected chi connectivity index (χ1v) is 8.83. The number of nitrogens with zero attached hydrogens (tertiary/aromatic N) is 3. The highest BCUT2D eigenvalue weighted by molar-refractivity contribution is 7.11. The predicted molar refractivity (Wildman–Crippen MR) is 102 cm³/mol.